The second kappa shape index (κ2) is 6.96. The first kappa shape index (κ1) is 13.6. The lowest BCUT2D eigenvalue weighted by Gasteiger charge is -2.15. The summed E-state index contributed by atoms with van der Waals surface area (Å²) in [6.45, 7) is 6.95. The average molecular weight is 239 g/mol. The molecular formula is C15H23Cl. The molecule has 0 nitrogen and oxygen atoms in total. The first-order valence-electron chi connectivity index (χ1n) is 6.28. The number of rotatable bonds is 6. The SMILES string of the molecule is CC(C)C(C)CCCc1ccccc1CCl. The summed E-state index contributed by atoms with van der Waals surface area (Å²) < 4.78 is 0. The highest BCUT2D eigenvalue weighted by Crippen LogP contribution is 2.19. The van der Waals surface area contributed by atoms with E-state index in [0.717, 1.165) is 11.8 Å². The van der Waals surface area contributed by atoms with Gasteiger partial charge in [0.2, 0.25) is 0 Å². The maximum absolute atomic E-state index is 5.92. The Balaban J connectivity index is 2.42. The standard InChI is InChI=1S/C15H23Cl/c1-12(2)13(3)7-6-10-14-8-4-5-9-15(14)11-16/h4-5,8-9,12-13H,6-7,10-11H2,1-3H3. The number of hydrogen-bond acceptors (Lipinski definition) is 0. The van der Waals surface area contributed by atoms with Crippen molar-refractivity contribution in [3.63, 3.8) is 0 Å². The molecule has 1 heteroatoms. The fourth-order valence-corrected chi connectivity index (χ4v) is 2.14. The number of aryl methyl sites for hydroxylation is 1. The smallest absolute Gasteiger partial charge is 0.0476 e. The van der Waals surface area contributed by atoms with Gasteiger partial charge in [-0.15, -0.1) is 11.6 Å². The Morgan fingerprint density at radius 2 is 1.69 bits per heavy atom. The first-order valence-corrected chi connectivity index (χ1v) is 6.81. The van der Waals surface area contributed by atoms with E-state index in [2.05, 4.69) is 45.0 Å². The normalized spacial score (nSPS) is 13.1. The van der Waals surface area contributed by atoms with Crippen molar-refractivity contribution < 1.29 is 0 Å². The van der Waals surface area contributed by atoms with Gasteiger partial charge < -0.3 is 0 Å². The molecule has 0 spiro atoms. The summed E-state index contributed by atoms with van der Waals surface area (Å²) >= 11 is 5.92. The second-order valence-electron chi connectivity index (χ2n) is 5.02. The fraction of sp³-hybridized carbons (Fsp3) is 0.600. The Labute approximate surface area is 105 Å². The molecule has 0 aromatic heterocycles. The van der Waals surface area contributed by atoms with E-state index >= 15 is 0 Å². The van der Waals surface area contributed by atoms with Gasteiger partial charge in [0.25, 0.3) is 0 Å². The number of halogens is 1. The van der Waals surface area contributed by atoms with Crippen LogP contribution < -0.4 is 0 Å². The molecule has 1 atom stereocenters. The van der Waals surface area contributed by atoms with E-state index < -0.39 is 0 Å². The van der Waals surface area contributed by atoms with Crippen molar-refractivity contribution in [2.24, 2.45) is 11.8 Å². The molecule has 0 fully saturated rings. The Morgan fingerprint density at radius 1 is 1.06 bits per heavy atom. The van der Waals surface area contributed by atoms with E-state index in [1.54, 1.807) is 0 Å². The molecule has 0 N–H and O–H groups in total. The van der Waals surface area contributed by atoms with Crippen LogP contribution in [0.3, 0.4) is 0 Å². The third-order valence-electron chi connectivity index (χ3n) is 3.51. The zero-order valence-corrected chi connectivity index (χ0v) is 11.4. The molecule has 1 unspecified atom stereocenters. The lowest BCUT2D eigenvalue weighted by molar-refractivity contribution is 0.382. The second-order valence-corrected chi connectivity index (χ2v) is 5.28. The molecule has 90 valence electrons. The van der Waals surface area contributed by atoms with Gasteiger partial charge in [-0.25, -0.2) is 0 Å². The predicted octanol–water partition coefficient (Wildman–Crippen LogP) is 5.04. The van der Waals surface area contributed by atoms with Crippen LogP contribution in [0.15, 0.2) is 24.3 Å². The third kappa shape index (κ3) is 4.17. The summed E-state index contributed by atoms with van der Waals surface area (Å²) in [6.07, 6.45) is 3.75. The summed E-state index contributed by atoms with van der Waals surface area (Å²) in [7, 11) is 0. The molecule has 1 aromatic carbocycles. The maximum Gasteiger partial charge on any atom is 0.0476 e. The predicted molar refractivity (Wildman–Crippen MR) is 72.9 cm³/mol. The van der Waals surface area contributed by atoms with E-state index in [4.69, 9.17) is 11.6 Å². The Kier molecular flexibility index (Phi) is 5.90. The minimum absolute atomic E-state index is 0.635. The molecule has 16 heavy (non-hydrogen) atoms. The highest BCUT2D eigenvalue weighted by Gasteiger charge is 2.07. The topological polar surface area (TPSA) is 0 Å². The van der Waals surface area contributed by atoms with E-state index in [9.17, 15) is 0 Å². The number of alkyl halides is 1. The van der Waals surface area contributed by atoms with Crippen molar-refractivity contribution in [2.75, 3.05) is 0 Å². The van der Waals surface area contributed by atoms with Gasteiger partial charge in [0, 0.05) is 5.88 Å². The van der Waals surface area contributed by atoms with Gasteiger partial charge in [0.05, 0.1) is 0 Å². The summed E-state index contributed by atoms with van der Waals surface area (Å²) in [5, 5.41) is 0. The highest BCUT2D eigenvalue weighted by atomic mass is 35.5. The Bertz CT molecular complexity index is 304. The third-order valence-corrected chi connectivity index (χ3v) is 3.79. The maximum atomic E-state index is 5.92. The molecule has 0 heterocycles. The molecule has 0 bridgehead atoms. The first-order chi connectivity index (χ1) is 7.65. The molecule has 1 aromatic rings. The van der Waals surface area contributed by atoms with Crippen LogP contribution in [0.2, 0.25) is 0 Å². The molecule has 0 amide bonds. The van der Waals surface area contributed by atoms with Crippen LogP contribution in [0.4, 0.5) is 0 Å². The molecular weight excluding hydrogens is 216 g/mol. The van der Waals surface area contributed by atoms with Crippen molar-refractivity contribution in [1.29, 1.82) is 0 Å². The molecule has 0 aliphatic carbocycles. The van der Waals surface area contributed by atoms with E-state index in [1.165, 1.54) is 30.4 Å². The van der Waals surface area contributed by atoms with Crippen LogP contribution in [-0.2, 0) is 12.3 Å². The molecule has 0 saturated heterocycles. The van der Waals surface area contributed by atoms with Gasteiger partial charge in [0.15, 0.2) is 0 Å². The van der Waals surface area contributed by atoms with Crippen molar-refractivity contribution in [3.05, 3.63) is 35.4 Å². The van der Waals surface area contributed by atoms with Crippen LogP contribution in [0, 0.1) is 11.8 Å². The number of benzene rings is 1. The molecule has 0 aliphatic heterocycles. The fourth-order valence-electron chi connectivity index (χ4n) is 1.88. The monoisotopic (exact) mass is 238 g/mol. The van der Waals surface area contributed by atoms with Crippen LogP contribution in [0.5, 0.6) is 0 Å². The quantitative estimate of drug-likeness (QED) is 0.609. The highest BCUT2D eigenvalue weighted by molar-refractivity contribution is 6.17. The largest absolute Gasteiger partial charge is 0.122 e. The lowest BCUT2D eigenvalue weighted by Crippen LogP contribution is -2.04. The van der Waals surface area contributed by atoms with Crippen LogP contribution in [-0.4, -0.2) is 0 Å². The zero-order valence-electron chi connectivity index (χ0n) is 10.7. The van der Waals surface area contributed by atoms with Crippen LogP contribution in [0.1, 0.15) is 44.7 Å². The summed E-state index contributed by atoms with van der Waals surface area (Å²) in [5.74, 6) is 2.25. The van der Waals surface area contributed by atoms with Crippen molar-refractivity contribution in [2.45, 2.75) is 45.9 Å². The number of hydrogen-bond donors (Lipinski definition) is 0. The van der Waals surface area contributed by atoms with Crippen LogP contribution in [0.25, 0.3) is 0 Å². The van der Waals surface area contributed by atoms with Gasteiger partial charge in [-0.05, 0) is 35.8 Å². The van der Waals surface area contributed by atoms with E-state index in [1.807, 2.05) is 0 Å². The zero-order chi connectivity index (χ0) is 12.0. The van der Waals surface area contributed by atoms with Crippen molar-refractivity contribution in [1.82, 2.24) is 0 Å². The van der Waals surface area contributed by atoms with E-state index in [0.29, 0.717) is 5.88 Å². The average Bonchev–Trinajstić information content (AvgIpc) is 2.29. The molecule has 0 saturated carbocycles. The summed E-state index contributed by atoms with van der Waals surface area (Å²) in [6, 6.07) is 8.52. The van der Waals surface area contributed by atoms with Crippen molar-refractivity contribution >= 4 is 11.6 Å². The summed E-state index contributed by atoms with van der Waals surface area (Å²) in [5.41, 5.74) is 2.72. The van der Waals surface area contributed by atoms with Gasteiger partial charge >= 0.3 is 0 Å². The van der Waals surface area contributed by atoms with Gasteiger partial charge in [0.1, 0.15) is 0 Å². The van der Waals surface area contributed by atoms with Crippen molar-refractivity contribution in [3.8, 4) is 0 Å². The Morgan fingerprint density at radius 3 is 2.25 bits per heavy atom. The van der Waals surface area contributed by atoms with Gasteiger partial charge in [-0.1, -0.05) is 51.5 Å². The van der Waals surface area contributed by atoms with E-state index in [-0.39, 0.29) is 0 Å². The Hall–Kier alpha value is -0.490. The molecule has 0 aliphatic rings. The van der Waals surface area contributed by atoms with Gasteiger partial charge in [-0.3, -0.25) is 0 Å². The minimum Gasteiger partial charge on any atom is -0.122 e. The summed E-state index contributed by atoms with van der Waals surface area (Å²) in [4.78, 5) is 0. The minimum atomic E-state index is 0.635. The lowest BCUT2D eigenvalue weighted by atomic mass is 9.91. The molecule has 0 radical (unpaired) electrons. The molecule has 1 rings (SSSR count). The van der Waals surface area contributed by atoms with Crippen LogP contribution >= 0.6 is 11.6 Å². The van der Waals surface area contributed by atoms with Gasteiger partial charge in [-0.2, -0.15) is 0 Å².